The Bertz CT molecular complexity index is 873. The van der Waals surface area contributed by atoms with Gasteiger partial charge in [0.05, 0.1) is 18.3 Å². The first-order chi connectivity index (χ1) is 14.8. The largest absolute Gasteiger partial charge is 0.466 e. The number of hydrogen-bond donors (Lipinski definition) is 0. The molecule has 0 aromatic heterocycles. The second-order valence-corrected chi connectivity index (χ2v) is 10.4. The van der Waals surface area contributed by atoms with Crippen molar-refractivity contribution in [1.82, 2.24) is 14.1 Å². The highest BCUT2D eigenvalue weighted by molar-refractivity contribution is 7.89. The van der Waals surface area contributed by atoms with Gasteiger partial charge >= 0.3 is 5.97 Å². The summed E-state index contributed by atoms with van der Waals surface area (Å²) < 4.78 is 30.7. The van der Waals surface area contributed by atoms with Crippen LogP contribution in [-0.2, 0) is 26.1 Å². The van der Waals surface area contributed by atoms with Gasteiger partial charge < -0.3 is 9.64 Å². The molecule has 2 saturated heterocycles. The molecule has 1 aromatic carbocycles. The second-order valence-electron chi connectivity index (χ2n) is 8.09. The zero-order valence-electron chi connectivity index (χ0n) is 18.5. The molecule has 0 unspecified atom stereocenters. The van der Waals surface area contributed by atoms with Gasteiger partial charge in [-0.2, -0.15) is 4.31 Å². The van der Waals surface area contributed by atoms with E-state index < -0.39 is 10.0 Å². The van der Waals surface area contributed by atoms with Gasteiger partial charge in [0, 0.05) is 51.4 Å². The highest BCUT2D eigenvalue weighted by Crippen LogP contribution is 2.21. The molecule has 8 nitrogen and oxygen atoms in total. The first kappa shape index (κ1) is 23.7. The Labute approximate surface area is 185 Å². The number of nitrogens with zero attached hydrogens (tertiary/aromatic N) is 3. The van der Waals surface area contributed by atoms with E-state index in [4.69, 9.17) is 4.74 Å². The maximum absolute atomic E-state index is 13.0. The molecule has 1 amide bonds. The van der Waals surface area contributed by atoms with E-state index in [1.165, 1.54) is 0 Å². The summed E-state index contributed by atoms with van der Waals surface area (Å²) in [7, 11) is -3.13. The van der Waals surface area contributed by atoms with Crippen LogP contribution in [0.15, 0.2) is 24.3 Å². The molecular weight excluding hydrogens is 418 g/mol. The summed E-state index contributed by atoms with van der Waals surface area (Å²) in [6, 6.07) is 7.65. The van der Waals surface area contributed by atoms with E-state index in [2.05, 4.69) is 4.90 Å². The van der Waals surface area contributed by atoms with Crippen LogP contribution >= 0.6 is 0 Å². The Kier molecular flexibility index (Phi) is 8.07. The third-order valence-electron chi connectivity index (χ3n) is 6.07. The van der Waals surface area contributed by atoms with Crippen LogP contribution in [-0.4, -0.2) is 86.0 Å². The van der Waals surface area contributed by atoms with Crippen molar-refractivity contribution in [3.8, 4) is 0 Å². The smallest absolute Gasteiger partial charge is 0.309 e. The number of likely N-dealkylation sites (tertiary alicyclic amines) is 1. The van der Waals surface area contributed by atoms with E-state index in [0.717, 1.165) is 5.56 Å². The molecule has 31 heavy (non-hydrogen) atoms. The number of carbonyl (C=O) groups is 2. The van der Waals surface area contributed by atoms with Crippen molar-refractivity contribution in [2.24, 2.45) is 5.92 Å². The van der Waals surface area contributed by atoms with Crippen molar-refractivity contribution in [3.63, 3.8) is 0 Å². The summed E-state index contributed by atoms with van der Waals surface area (Å²) in [5.41, 5.74) is 1.69. The molecule has 172 valence electrons. The first-order valence-corrected chi connectivity index (χ1v) is 12.7. The summed E-state index contributed by atoms with van der Waals surface area (Å²) >= 11 is 0. The first-order valence-electron chi connectivity index (χ1n) is 11.1. The number of piperazine rings is 1. The van der Waals surface area contributed by atoms with E-state index in [0.29, 0.717) is 70.8 Å². The highest BCUT2D eigenvalue weighted by atomic mass is 32.2. The normalized spacial score (nSPS) is 19.4. The zero-order valence-corrected chi connectivity index (χ0v) is 19.3. The summed E-state index contributed by atoms with van der Waals surface area (Å²) in [6.45, 7) is 8.02. The fourth-order valence-corrected chi connectivity index (χ4v) is 5.26. The number of hydrogen-bond acceptors (Lipinski definition) is 6. The predicted octanol–water partition coefficient (Wildman–Crippen LogP) is 1.57. The molecule has 0 bridgehead atoms. The van der Waals surface area contributed by atoms with Crippen LogP contribution in [0.1, 0.15) is 42.6 Å². The number of ether oxygens (including phenoxy) is 1. The Balaban J connectivity index is 1.54. The molecule has 0 spiro atoms. The van der Waals surface area contributed by atoms with Gasteiger partial charge in [0.2, 0.25) is 10.0 Å². The number of esters is 1. The standard InChI is InChI=1S/C22H33N3O5S/c1-3-30-22(27)19-8-10-24(11-9-19)21(26)20-7-5-6-18(16-20)17-23-12-14-25(15-13-23)31(28,29)4-2/h5-7,16,19H,3-4,8-15,17H2,1-2H3. The summed E-state index contributed by atoms with van der Waals surface area (Å²) in [6.07, 6.45) is 1.27. The molecule has 0 atom stereocenters. The molecule has 2 aliphatic rings. The number of benzene rings is 1. The maximum atomic E-state index is 13.0. The fourth-order valence-electron chi connectivity index (χ4n) is 4.17. The monoisotopic (exact) mass is 451 g/mol. The molecule has 2 fully saturated rings. The van der Waals surface area contributed by atoms with Gasteiger partial charge in [-0.1, -0.05) is 12.1 Å². The number of piperidine rings is 1. The van der Waals surface area contributed by atoms with Crippen molar-refractivity contribution in [1.29, 1.82) is 0 Å². The molecule has 2 heterocycles. The van der Waals surface area contributed by atoms with Crippen molar-refractivity contribution >= 4 is 21.9 Å². The van der Waals surface area contributed by atoms with Crippen LogP contribution in [0.3, 0.4) is 0 Å². The maximum Gasteiger partial charge on any atom is 0.309 e. The highest BCUT2D eigenvalue weighted by Gasteiger charge is 2.29. The lowest BCUT2D eigenvalue weighted by Gasteiger charge is -2.34. The van der Waals surface area contributed by atoms with Crippen molar-refractivity contribution in [2.45, 2.75) is 33.2 Å². The minimum absolute atomic E-state index is 0.0111. The van der Waals surface area contributed by atoms with Gasteiger partial charge in [0.1, 0.15) is 0 Å². The number of rotatable bonds is 7. The minimum Gasteiger partial charge on any atom is -0.466 e. The average molecular weight is 452 g/mol. The molecular formula is C22H33N3O5S. The Morgan fingerprint density at radius 1 is 1.03 bits per heavy atom. The molecule has 1 aromatic rings. The Morgan fingerprint density at radius 2 is 1.71 bits per heavy atom. The van der Waals surface area contributed by atoms with Gasteiger partial charge in [-0.05, 0) is 44.4 Å². The second kappa shape index (κ2) is 10.6. The lowest BCUT2D eigenvalue weighted by Crippen LogP contribution is -2.48. The molecule has 0 radical (unpaired) electrons. The zero-order chi connectivity index (χ0) is 22.4. The summed E-state index contributed by atoms with van der Waals surface area (Å²) in [5, 5.41) is 0. The summed E-state index contributed by atoms with van der Waals surface area (Å²) in [5.74, 6) is -0.161. The van der Waals surface area contributed by atoms with Crippen LogP contribution in [0.5, 0.6) is 0 Å². The third-order valence-corrected chi connectivity index (χ3v) is 7.95. The Hall–Kier alpha value is -1.97. The van der Waals surface area contributed by atoms with Crippen molar-refractivity contribution < 1.29 is 22.7 Å². The third kappa shape index (κ3) is 6.05. The van der Waals surface area contributed by atoms with E-state index in [1.807, 2.05) is 29.2 Å². The topological polar surface area (TPSA) is 87.2 Å². The van der Waals surface area contributed by atoms with Gasteiger partial charge in [-0.3, -0.25) is 14.5 Å². The number of carbonyl (C=O) groups excluding carboxylic acids is 2. The van der Waals surface area contributed by atoms with Gasteiger partial charge in [0.25, 0.3) is 5.91 Å². The number of amides is 1. The van der Waals surface area contributed by atoms with Gasteiger partial charge in [-0.25, -0.2) is 8.42 Å². The van der Waals surface area contributed by atoms with Crippen LogP contribution in [0, 0.1) is 5.92 Å². The van der Waals surface area contributed by atoms with E-state index in [-0.39, 0.29) is 23.5 Å². The van der Waals surface area contributed by atoms with Crippen molar-refractivity contribution in [3.05, 3.63) is 35.4 Å². The molecule has 0 aliphatic carbocycles. The van der Waals surface area contributed by atoms with Gasteiger partial charge in [-0.15, -0.1) is 0 Å². The molecule has 0 saturated carbocycles. The predicted molar refractivity (Wildman–Crippen MR) is 118 cm³/mol. The van der Waals surface area contributed by atoms with E-state index in [9.17, 15) is 18.0 Å². The SMILES string of the molecule is CCOC(=O)C1CCN(C(=O)c2cccc(CN3CCN(S(=O)(=O)CC)CC3)c2)CC1. The molecule has 0 N–H and O–H groups in total. The number of sulfonamides is 1. The van der Waals surface area contributed by atoms with Gasteiger partial charge in [0.15, 0.2) is 0 Å². The van der Waals surface area contributed by atoms with E-state index in [1.54, 1.807) is 18.2 Å². The molecule has 2 aliphatic heterocycles. The molecule has 3 rings (SSSR count). The van der Waals surface area contributed by atoms with Crippen molar-refractivity contribution in [2.75, 3.05) is 51.6 Å². The lowest BCUT2D eigenvalue weighted by atomic mass is 9.96. The minimum atomic E-state index is -3.13. The molecule has 9 heteroatoms. The quantitative estimate of drug-likeness (QED) is 0.585. The summed E-state index contributed by atoms with van der Waals surface area (Å²) in [4.78, 5) is 28.9. The average Bonchev–Trinajstić information content (AvgIpc) is 2.79. The fraction of sp³-hybridized carbons (Fsp3) is 0.636. The van der Waals surface area contributed by atoms with E-state index >= 15 is 0 Å². The van der Waals surface area contributed by atoms with Crippen LogP contribution in [0.2, 0.25) is 0 Å². The van der Waals surface area contributed by atoms with Crippen LogP contribution < -0.4 is 0 Å². The Morgan fingerprint density at radius 3 is 2.32 bits per heavy atom. The van der Waals surface area contributed by atoms with Crippen LogP contribution in [0.4, 0.5) is 0 Å². The van der Waals surface area contributed by atoms with Crippen LogP contribution in [0.25, 0.3) is 0 Å². The lowest BCUT2D eigenvalue weighted by molar-refractivity contribution is -0.149.